The molecule has 0 bridgehead atoms. The van der Waals surface area contributed by atoms with Crippen LogP contribution in [0.25, 0.3) is 0 Å². The molecule has 1 aliphatic heterocycles. The van der Waals surface area contributed by atoms with Crippen LogP contribution >= 0.6 is 0 Å². The summed E-state index contributed by atoms with van der Waals surface area (Å²) in [7, 11) is 1.68. The van der Waals surface area contributed by atoms with Gasteiger partial charge in [0.1, 0.15) is 24.2 Å². The number of hydrogen-bond acceptors (Lipinski definition) is 8. The van der Waals surface area contributed by atoms with Gasteiger partial charge in [0.2, 0.25) is 0 Å². The van der Waals surface area contributed by atoms with Gasteiger partial charge < -0.3 is 24.1 Å². The van der Waals surface area contributed by atoms with Crippen molar-refractivity contribution in [1.29, 1.82) is 0 Å². The average molecular weight is 466 g/mol. The molecule has 9 heteroatoms. The first-order chi connectivity index (χ1) is 15.3. The number of ether oxygens (including phenoxy) is 4. The minimum Gasteiger partial charge on any atom is -0.497 e. The van der Waals surface area contributed by atoms with Gasteiger partial charge in [0.15, 0.2) is 21.3 Å². The molecule has 1 heterocycles. The van der Waals surface area contributed by atoms with Crippen LogP contribution in [0.1, 0.15) is 12.0 Å². The zero-order valence-electron chi connectivity index (χ0n) is 18.7. The number of aliphatic hydroxyl groups is 1. The van der Waals surface area contributed by atoms with E-state index >= 15 is 0 Å². The molecule has 0 amide bonds. The molecule has 2 atom stereocenters. The first-order valence-electron chi connectivity index (χ1n) is 10.4. The van der Waals surface area contributed by atoms with Crippen molar-refractivity contribution in [3.8, 4) is 23.0 Å². The van der Waals surface area contributed by atoms with Gasteiger partial charge in [-0.1, -0.05) is 6.07 Å². The average Bonchev–Trinajstić information content (AvgIpc) is 3.17. The molecular weight excluding hydrogens is 434 g/mol. The molecule has 1 aliphatic rings. The lowest BCUT2D eigenvalue weighted by Gasteiger charge is -2.30. The zero-order chi connectivity index (χ0) is 23.1. The van der Waals surface area contributed by atoms with Gasteiger partial charge in [-0.05, 0) is 48.4 Å². The van der Waals surface area contributed by atoms with Crippen molar-refractivity contribution in [2.75, 3.05) is 46.0 Å². The third-order valence-corrected chi connectivity index (χ3v) is 7.26. The van der Waals surface area contributed by atoms with Crippen molar-refractivity contribution in [2.45, 2.75) is 25.1 Å². The second-order valence-corrected chi connectivity index (χ2v) is 10.0. The van der Waals surface area contributed by atoms with Crippen molar-refractivity contribution in [3.05, 3.63) is 48.0 Å². The molecule has 0 spiro atoms. The van der Waals surface area contributed by atoms with E-state index in [1.54, 1.807) is 45.6 Å². The van der Waals surface area contributed by atoms with E-state index < -0.39 is 15.9 Å². The van der Waals surface area contributed by atoms with Crippen LogP contribution in [-0.4, -0.2) is 76.6 Å². The van der Waals surface area contributed by atoms with Crippen LogP contribution in [0.4, 0.5) is 0 Å². The van der Waals surface area contributed by atoms with Crippen molar-refractivity contribution >= 4 is 9.84 Å². The van der Waals surface area contributed by atoms with Gasteiger partial charge in [-0.2, -0.15) is 0 Å². The lowest BCUT2D eigenvalue weighted by atomic mass is 10.1. The molecule has 2 unspecified atom stereocenters. The topological polar surface area (TPSA) is 94.5 Å². The molecule has 0 aromatic heterocycles. The Bertz CT molecular complexity index is 978. The molecule has 1 N–H and O–H groups in total. The summed E-state index contributed by atoms with van der Waals surface area (Å²) in [6.07, 6.45) is -0.248. The number of hydrogen-bond donors (Lipinski definition) is 1. The molecular formula is C23H31NO7S. The molecule has 0 saturated carbocycles. The summed E-state index contributed by atoms with van der Waals surface area (Å²) in [5.41, 5.74) is 0.940. The monoisotopic (exact) mass is 465 g/mol. The van der Waals surface area contributed by atoms with Crippen molar-refractivity contribution in [3.63, 3.8) is 0 Å². The Kier molecular flexibility index (Phi) is 8.22. The fourth-order valence-corrected chi connectivity index (χ4v) is 5.57. The van der Waals surface area contributed by atoms with Gasteiger partial charge >= 0.3 is 0 Å². The Morgan fingerprint density at radius 3 is 2.28 bits per heavy atom. The summed E-state index contributed by atoms with van der Waals surface area (Å²) in [6, 6.07) is 12.6. The summed E-state index contributed by atoms with van der Waals surface area (Å²) in [5.74, 6) is 2.83. The SMILES string of the molecule is COc1ccc(OCC(O)CN(Cc2ccc(OC)c(OC)c2)C2CCS(=O)(=O)C2)cc1. The van der Waals surface area contributed by atoms with Gasteiger partial charge in [-0.25, -0.2) is 8.42 Å². The fourth-order valence-electron chi connectivity index (χ4n) is 3.81. The smallest absolute Gasteiger partial charge is 0.161 e. The van der Waals surface area contributed by atoms with Crippen LogP contribution in [0.15, 0.2) is 42.5 Å². The van der Waals surface area contributed by atoms with Crippen LogP contribution in [0.2, 0.25) is 0 Å². The van der Waals surface area contributed by atoms with Gasteiger partial charge in [0, 0.05) is 19.1 Å². The van der Waals surface area contributed by atoms with Gasteiger partial charge in [-0.3, -0.25) is 4.90 Å². The molecule has 3 rings (SSSR count). The first kappa shape index (κ1) is 24.2. The molecule has 8 nitrogen and oxygen atoms in total. The third kappa shape index (κ3) is 6.51. The third-order valence-electron chi connectivity index (χ3n) is 5.51. The molecule has 2 aromatic rings. The largest absolute Gasteiger partial charge is 0.497 e. The summed E-state index contributed by atoms with van der Waals surface area (Å²) in [6.45, 7) is 0.846. The highest BCUT2D eigenvalue weighted by Crippen LogP contribution is 2.29. The number of rotatable bonds is 11. The number of nitrogens with zero attached hydrogens (tertiary/aromatic N) is 1. The minimum absolute atomic E-state index is 0.0896. The Balaban J connectivity index is 1.68. The van der Waals surface area contributed by atoms with Gasteiger partial charge in [0.25, 0.3) is 0 Å². The van der Waals surface area contributed by atoms with Crippen LogP contribution in [-0.2, 0) is 16.4 Å². The van der Waals surface area contributed by atoms with Crippen molar-refractivity contribution in [1.82, 2.24) is 4.90 Å². The van der Waals surface area contributed by atoms with E-state index in [2.05, 4.69) is 0 Å². The number of aliphatic hydroxyl groups excluding tert-OH is 1. The Morgan fingerprint density at radius 2 is 1.69 bits per heavy atom. The molecule has 0 radical (unpaired) electrons. The predicted octanol–water partition coefficient (Wildman–Crippen LogP) is 2.14. The maximum Gasteiger partial charge on any atom is 0.161 e. The predicted molar refractivity (Wildman–Crippen MR) is 122 cm³/mol. The minimum atomic E-state index is -3.07. The molecule has 2 aromatic carbocycles. The van der Waals surface area contributed by atoms with E-state index in [4.69, 9.17) is 18.9 Å². The van der Waals surface area contributed by atoms with Gasteiger partial charge in [-0.15, -0.1) is 0 Å². The fraction of sp³-hybridized carbons (Fsp3) is 0.478. The molecule has 176 valence electrons. The summed E-state index contributed by atoms with van der Waals surface area (Å²) in [4.78, 5) is 2.01. The molecule has 32 heavy (non-hydrogen) atoms. The first-order valence-corrected chi connectivity index (χ1v) is 12.3. The summed E-state index contributed by atoms with van der Waals surface area (Å²) in [5, 5.41) is 10.6. The second kappa shape index (κ2) is 10.9. The number of benzene rings is 2. The van der Waals surface area contributed by atoms with Crippen molar-refractivity contribution < 1.29 is 32.5 Å². The van der Waals surface area contributed by atoms with Crippen LogP contribution in [0.3, 0.4) is 0 Å². The maximum atomic E-state index is 12.1. The van der Waals surface area contributed by atoms with E-state index in [1.165, 1.54) is 0 Å². The molecule has 1 fully saturated rings. The van der Waals surface area contributed by atoms with Crippen molar-refractivity contribution in [2.24, 2.45) is 0 Å². The van der Waals surface area contributed by atoms with Gasteiger partial charge in [0.05, 0.1) is 32.8 Å². The van der Waals surface area contributed by atoms with E-state index in [1.807, 2.05) is 23.1 Å². The maximum absolute atomic E-state index is 12.1. The standard InChI is InChI=1S/C23H31NO7S/c1-28-20-5-7-21(8-6-20)31-15-19(25)14-24(18-10-11-32(26,27)16-18)13-17-4-9-22(29-2)23(12-17)30-3/h4-9,12,18-19,25H,10-11,13-16H2,1-3H3. The molecule has 0 aliphatic carbocycles. The second-order valence-electron chi connectivity index (χ2n) is 7.82. The number of sulfone groups is 1. The summed E-state index contributed by atoms with van der Waals surface area (Å²) >= 11 is 0. The van der Waals surface area contributed by atoms with Crippen LogP contribution in [0.5, 0.6) is 23.0 Å². The number of methoxy groups -OCH3 is 3. The van der Waals surface area contributed by atoms with Crippen LogP contribution in [0, 0.1) is 0 Å². The van der Waals surface area contributed by atoms with E-state index in [0.717, 1.165) is 11.3 Å². The normalized spacial score (nSPS) is 18.3. The lowest BCUT2D eigenvalue weighted by molar-refractivity contribution is 0.0524. The Hall–Kier alpha value is -2.49. The highest BCUT2D eigenvalue weighted by Gasteiger charge is 2.33. The highest BCUT2D eigenvalue weighted by atomic mass is 32.2. The van der Waals surface area contributed by atoms with Crippen LogP contribution < -0.4 is 18.9 Å². The van der Waals surface area contributed by atoms with E-state index in [-0.39, 0.29) is 30.7 Å². The van der Waals surface area contributed by atoms with E-state index in [0.29, 0.717) is 30.2 Å². The Morgan fingerprint density at radius 1 is 1.00 bits per heavy atom. The highest BCUT2D eigenvalue weighted by molar-refractivity contribution is 7.91. The molecule has 1 saturated heterocycles. The lowest BCUT2D eigenvalue weighted by Crippen LogP contribution is -2.42. The summed E-state index contributed by atoms with van der Waals surface area (Å²) < 4.78 is 45.7. The quantitative estimate of drug-likeness (QED) is 0.540. The Labute approximate surface area is 189 Å². The van der Waals surface area contributed by atoms with E-state index in [9.17, 15) is 13.5 Å². The zero-order valence-corrected chi connectivity index (χ0v) is 19.5.